The summed E-state index contributed by atoms with van der Waals surface area (Å²) in [6, 6.07) is 8.21. The number of hydrogen-bond donors (Lipinski definition) is 1. The van der Waals surface area contributed by atoms with Gasteiger partial charge in [0, 0.05) is 17.6 Å². The number of rotatable bonds is 5. The number of carbonyl (C=O) groups is 1. The molecule has 5 nitrogen and oxygen atoms in total. The second-order valence-electron chi connectivity index (χ2n) is 6.92. The van der Waals surface area contributed by atoms with Gasteiger partial charge >= 0.3 is 0 Å². The number of carbonyl (C=O) groups excluding carboxylic acids is 1. The molecule has 1 aromatic heterocycles. The van der Waals surface area contributed by atoms with E-state index in [9.17, 15) is 4.79 Å². The van der Waals surface area contributed by atoms with Crippen LogP contribution in [-0.2, 0) is 11.3 Å². The van der Waals surface area contributed by atoms with Crippen molar-refractivity contribution in [1.82, 2.24) is 20.1 Å². The van der Waals surface area contributed by atoms with Gasteiger partial charge in [-0.2, -0.15) is 0 Å². The highest BCUT2D eigenvalue weighted by atomic mass is 32.2. The molecule has 6 heteroatoms. The fourth-order valence-corrected chi connectivity index (χ4v) is 3.25. The minimum absolute atomic E-state index is 0.00950. The Bertz CT molecular complexity index is 718. The first kappa shape index (κ1) is 18.5. The maximum atomic E-state index is 12.3. The number of nitrogens with zero attached hydrogens (tertiary/aromatic N) is 3. The Morgan fingerprint density at radius 3 is 2.62 bits per heavy atom. The summed E-state index contributed by atoms with van der Waals surface area (Å²) in [5.74, 6) is 0.849. The van der Waals surface area contributed by atoms with Crippen molar-refractivity contribution in [2.75, 3.05) is 0 Å². The van der Waals surface area contributed by atoms with Gasteiger partial charge in [-0.05, 0) is 47.6 Å². The van der Waals surface area contributed by atoms with Gasteiger partial charge in [0.1, 0.15) is 0 Å². The van der Waals surface area contributed by atoms with Crippen LogP contribution in [0.3, 0.4) is 0 Å². The van der Waals surface area contributed by atoms with Crippen LogP contribution in [0.5, 0.6) is 0 Å². The molecule has 0 aliphatic heterocycles. The van der Waals surface area contributed by atoms with Crippen LogP contribution in [0.4, 0.5) is 0 Å². The molecule has 2 aromatic rings. The first-order chi connectivity index (χ1) is 11.2. The number of thioether (sulfide) groups is 1. The Morgan fingerprint density at radius 1 is 1.33 bits per heavy atom. The van der Waals surface area contributed by atoms with Gasteiger partial charge in [0.25, 0.3) is 0 Å². The lowest BCUT2D eigenvalue weighted by molar-refractivity contribution is -0.121. The molecule has 1 atom stereocenters. The van der Waals surface area contributed by atoms with E-state index in [1.165, 1.54) is 17.3 Å². The zero-order valence-electron chi connectivity index (χ0n) is 15.3. The van der Waals surface area contributed by atoms with Gasteiger partial charge in [-0.3, -0.25) is 4.79 Å². The van der Waals surface area contributed by atoms with Gasteiger partial charge in [-0.1, -0.05) is 35.5 Å². The third-order valence-corrected chi connectivity index (χ3v) is 4.54. The third-order valence-electron chi connectivity index (χ3n) is 3.46. The average Bonchev–Trinajstić information content (AvgIpc) is 2.88. The van der Waals surface area contributed by atoms with Gasteiger partial charge in [-0.15, -0.1) is 10.2 Å². The molecule has 1 amide bonds. The third kappa shape index (κ3) is 4.60. The maximum absolute atomic E-state index is 12.3. The van der Waals surface area contributed by atoms with Crippen molar-refractivity contribution >= 4 is 17.7 Å². The maximum Gasteiger partial charge on any atom is 0.233 e. The fourth-order valence-electron chi connectivity index (χ4n) is 2.34. The summed E-state index contributed by atoms with van der Waals surface area (Å²) in [7, 11) is 0. The van der Waals surface area contributed by atoms with Crippen molar-refractivity contribution in [3.63, 3.8) is 0 Å². The molecule has 2 rings (SSSR count). The van der Waals surface area contributed by atoms with Crippen LogP contribution in [0.25, 0.3) is 11.4 Å². The highest BCUT2D eigenvalue weighted by molar-refractivity contribution is 8.00. The molecule has 0 radical (unpaired) electrons. The summed E-state index contributed by atoms with van der Waals surface area (Å²) in [6.07, 6.45) is 0. The van der Waals surface area contributed by atoms with E-state index in [0.29, 0.717) is 0 Å². The van der Waals surface area contributed by atoms with E-state index in [4.69, 9.17) is 0 Å². The summed E-state index contributed by atoms with van der Waals surface area (Å²) in [6.45, 7) is 12.7. The number of amides is 1. The summed E-state index contributed by atoms with van der Waals surface area (Å²) in [5.41, 5.74) is 1.99. The first-order valence-electron chi connectivity index (χ1n) is 8.20. The Labute approximate surface area is 148 Å². The molecule has 0 spiro atoms. The molecule has 0 saturated carbocycles. The average molecular weight is 347 g/mol. The topological polar surface area (TPSA) is 59.8 Å². The number of hydrogen-bond acceptors (Lipinski definition) is 4. The Morgan fingerprint density at radius 2 is 2.04 bits per heavy atom. The predicted octanol–water partition coefficient (Wildman–Crippen LogP) is 3.67. The summed E-state index contributed by atoms with van der Waals surface area (Å²) < 4.78 is 2.06. The van der Waals surface area contributed by atoms with Gasteiger partial charge in [0.2, 0.25) is 5.91 Å². The van der Waals surface area contributed by atoms with Crippen molar-refractivity contribution in [3.8, 4) is 11.4 Å². The molecule has 1 heterocycles. The van der Waals surface area contributed by atoms with E-state index in [1.807, 2.05) is 39.8 Å². The minimum Gasteiger partial charge on any atom is -0.351 e. The van der Waals surface area contributed by atoms with Crippen LogP contribution in [0.15, 0.2) is 29.4 Å². The molecule has 24 heavy (non-hydrogen) atoms. The second-order valence-corrected chi connectivity index (χ2v) is 8.23. The zero-order chi connectivity index (χ0) is 17.9. The smallest absolute Gasteiger partial charge is 0.233 e. The Kier molecular flexibility index (Phi) is 5.70. The van der Waals surface area contributed by atoms with Crippen molar-refractivity contribution in [1.29, 1.82) is 0 Å². The lowest BCUT2D eigenvalue weighted by Crippen LogP contribution is -2.44. The highest BCUT2D eigenvalue weighted by Gasteiger charge is 2.23. The quantitative estimate of drug-likeness (QED) is 0.839. The molecule has 1 unspecified atom stereocenters. The minimum atomic E-state index is -0.239. The van der Waals surface area contributed by atoms with E-state index in [-0.39, 0.29) is 16.7 Å². The van der Waals surface area contributed by atoms with Gasteiger partial charge in [0.05, 0.1) is 5.25 Å². The number of benzene rings is 1. The molecule has 0 fully saturated rings. The van der Waals surface area contributed by atoms with Crippen molar-refractivity contribution in [2.45, 2.75) is 64.0 Å². The molecule has 1 N–H and O–H groups in total. The fraction of sp³-hybridized carbons (Fsp3) is 0.500. The SMILES string of the molecule is CCn1c(SC(C)C(=O)NC(C)(C)C)nnc1-c1cccc(C)c1. The Balaban J connectivity index is 2.22. The van der Waals surface area contributed by atoms with Crippen LogP contribution in [-0.4, -0.2) is 31.5 Å². The molecule has 0 saturated heterocycles. The summed E-state index contributed by atoms with van der Waals surface area (Å²) >= 11 is 1.44. The molecule has 1 aromatic carbocycles. The van der Waals surface area contributed by atoms with Crippen molar-refractivity contribution in [3.05, 3.63) is 29.8 Å². The first-order valence-corrected chi connectivity index (χ1v) is 9.08. The Hall–Kier alpha value is -1.82. The summed E-state index contributed by atoms with van der Waals surface area (Å²) in [4.78, 5) is 12.3. The highest BCUT2D eigenvalue weighted by Crippen LogP contribution is 2.27. The molecule has 0 aliphatic carbocycles. The molecular formula is C18H26N4OS. The standard InChI is InChI=1S/C18H26N4OS/c1-7-22-15(14-10-8-9-12(2)11-14)20-21-17(22)24-13(3)16(23)19-18(4,5)6/h8-11,13H,7H2,1-6H3,(H,19,23). The molecule has 0 aliphatic rings. The number of aromatic nitrogens is 3. The zero-order valence-corrected chi connectivity index (χ0v) is 16.1. The second kappa shape index (κ2) is 7.38. The number of aryl methyl sites for hydroxylation is 1. The van der Waals surface area contributed by atoms with E-state index in [0.717, 1.165) is 23.1 Å². The van der Waals surface area contributed by atoms with Crippen LogP contribution < -0.4 is 5.32 Å². The van der Waals surface area contributed by atoms with E-state index >= 15 is 0 Å². The lowest BCUT2D eigenvalue weighted by Gasteiger charge is -2.22. The van der Waals surface area contributed by atoms with Crippen LogP contribution in [0.2, 0.25) is 0 Å². The monoisotopic (exact) mass is 346 g/mol. The largest absolute Gasteiger partial charge is 0.351 e. The van der Waals surface area contributed by atoms with Gasteiger partial charge in [0.15, 0.2) is 11.0 Å². The number of nitrogens with one attached hydrogen (secondary N) is 1. The van der Waals surface area contributed by atoms with Crippen LogP contribution >= 0.6 is 11.8 Å². The molecule has 0 bridgehead atoms. The van der Waals surface area contributed by atoms with E-state index in [1.54, 1.807) is 0 Å². The lowest BCUT2D eigenvalue weighted by atomic mass is 10.1. The summed E-state index contributed by atoms with van der Waals surface area (Å²) in [5, 5.41) is 12.2. The van der Waals surface area contributed by atoms with Crippen LogP contribution in [0, 0.1) is 6.92 Å². The van der Waals surface area contributed by atoms with Gasteiger partial charge < -0.3 is 9.88 Å². The molecule has 130 valence electrons. The van der Waals surface area contributed by atoms with Crippen molar-refractivity contribution in [2.24, 2.45) is 0 Å². The van der Waals surface area contributed by atoms with Crippen molar-refractivity contribution < 1.29 is 4.79 Å². The van der Waals surface area contributed by atoms with Gasteiger partial charge in [-0.25, -0.2) is 0 Å². The molecular weight excluding hydrogens is 320 g/mol. The van der Waals surface area contributed by atoms with E-state index < -0.39 is 0 Å². The predicted molar refractivity (Wildman–Crippen MR) is 99.1 cm³/mol. The van der Waals surface area contributed by atoms with Crippen LogP contribution in [0.1, 0.15) is 40.2 Å². The normalized spacial score (nSPS) is 12.9. The van der Waals surface area contributed by atoms with E-state index in [2.05, 4.69) is 46.1 Å².